The molecule has 1 saturated heterocycles. The lowest BCUT2D eigenvalue weighted by Gasteiger charge is -2.26. The number of hydrogen-bond acceptors (Lipinski definition) is 7. The van der Waals surface area contributed by atoms with Gasteiger partial charge in [-0.15, -0.1) is 0 Å². The lowest BCUT2D eigenvalue weighted by atomic mass is 9.94. The SMILES string of the molecule is CCOc1cc(C2/C(=C(/O)c3ccc(OC)c(C)c3)C(=O)C(=O)N2c2ccc(C#N)cc2)ccc1O. The van der Waals surface area contributed by atoms with Gasteiger partial charge in [0.1, 0.15) is 11.5 Å². The van der Waals surface area contributed by atoms with Gasteiger partial charge in [0, 0.05) is 11.3 Å². The van der Waals surface area contributed by atoms with Crippen LogP contribution in [0.4, 0.5) is 5.69 Å². The van der Waals surface area contributed by atoms with Crippen molar-refractivity contribution in [2.24, 2.45) is 0 Å². The van der Waals surface area contributed by atoms with Crippen LogP contribution in [0.3, 0.4) is 0 Å². The second kappa shape index (κ2) is 9.84. The fourth-order valence-corrected chi connectivity index (χ4v) is 4.26. The number of nitriles is 1. The van der Waals surface area contributed by atoms with Crippen LogP contribution < -0.4 is 14.4 Å². The highest BCUT2D eigenvalue weighted by atomic mass is 16.5. The average Bonchev–Trinajstić information content (AvgIpc) is 3.15. The molecule has 1 unspecified atom stereocenters. The summed E-state index contributed by atoms with van der Waals surface area (Å²) in [4.78, 5) is 27.9. The summed E-state index contributed by atoms with van der Waals surface area (Å²) in [6, 6.07) is 16.7. The first-order chi connectivity index (χ1) is 17.3. The number of Topliss-reactive ketones (excluding diaryl/α,β-unsaturated/α-hetero) is 1. The number of anilines is 1. The molecule has 0 saturated carbocycles. The van der Waals surface area contributed by atoms with Gasteiger partial charge in [0.15, 0.2) is 11.5 Å². The molecule has 8 heteroatoms. The van der Waals surface area contributed by atoms with E-state index in [4.69, 9.17) is 14.7 Å². The van der Waals surface area contributed by atoms with Crippen molar-refractivity contribution in [3.63, 3.8) is 0 Å². The minimum absolute atomic E-state index is 0.0956. The lowest BCUT2D eigenvalue weighted by Crippen LogP contribution is -2.29. The number of carbonyl (C=O) groups is 2. The summed E-state index contributed by atoms with van der Waals surface area (Å²) in [7, 11) is 1.53. The molecular weight excluding hydrogens is 460 g/mol. The van der Waals surface area contributed by atoms with E-state index in [1.54, 1.807) is 68.4 Å². The normalized spacial score (nSPS) is 16.6. The third-order valence-electron chi connectivity index (χ3n) is 5.99. The van der Waals surface area contributed by atoms with Crippen molar-refractivity contribution >= 4 is 23.1 Å². The lowest BCUT2D eigenvalue weighted by molar-refractivity contribution is -0.132. The third-order valence-corrected chi connectivity index (χ3v) is 5.99. The number of aliphatic hydroxyl groups excluding tert-OH is 1. The van der Waals surface area contributed by atoms with Crippen LogP contribution in [-0.2, 0) is 9.59 Å². The number of amides is 1. The van der Waals surface area contributed by atoms with Crippen molar-refractivity contribution in [1.29, 1.82) is 5.26 Å². The van der Waals surface area contributed by atoms with Gasteiger partial charge in [-0.2, -0.15) is 5.26 Å². The number of methoxy groups -OCH3 is 1. The summed E-state index contributed by atoms with van der Waals surface area (Å²) in [5.74, 6) is -1.33. The summed E-state index contributed by atoms with van der Waals surface area (Å²) in [5.41, 5.74) is 2.19. The summed E-state index contributed by atoms with van der Waals surface area (Å²) < 4.78 is 10.8. The number of aromatic hydroxyl groups is 1. The predicted molar refractivity (Wildman–Crippen MR) is 133 cm³/mol. The van der Waals surface area contributed by atoms with Gasteiger partial charge in [-0.1, -0.05) is 6.07 Å². The van der Waals surface area contributed by atoms with Crippen molar-refractivity contribution in [3.8, 4) is 23.3 Å². The van der Waals surface area contributed by atoms with E-state index in [9.17, 15) is 19.8 Å². The zero-order valence-electron chi connectivity index (χ0n) is 20.0. The van der Waals surface area contributed by atoms with E-state index < -0.39 is 17.7 Å². The van der Waals surface area contributed by atoms with Crippen LogP contribution in [0.2, 0.25) is 0 Å². The highest BCUT2D eigenvalue weighted by molar-refractivity contribution is 6.51. The number of phenols is 1. The molecule has 182 valence electrons. The number of rotatable bonds is 6. The van der Waals surface area contributed by atoms with Crippen LogP contribution in [0.15, 0.2) is 66.2 Å². The van der Waals surface area contributed by atoms with Crippen molar-refractivity contribution < 1.29 is 29.3 Å². The molecule has 3 aromatic rings. The number of hydrogen-bond donors (Lipinski definition) is 2. The molecule has 1 atom stereocenters. The van der Waals surface area contributed by atoms with Crippen molar-refractivity contribution in [3.05, 3.63) is 88.5 Å². The van der Waals surface area contributed by atoms with E-state index in [2.05, 4.69) is 0 Å². The highest BCUT2D eigenvalue weighted by Gasteiger charge is 2.47. The molecule has 0 aliphatic carbocycles. The smallest absolute Gasteiger partial charge is 0.300 e. The van der Waals surface area contributed by atoms with Crippen molar-refractivity contribution in [2.75, 3.05) is 18.6 Å². The Morgan fingerprint density at radius 1 is 1.06 bits per heavy atom. The molecule has 1 heterocycles. The van der Waals surface area contributed by atoms with Crippen LogP contribution in [0.5, 0.6) is 17.2 Å². The molecule has 0 aromatic heterocycles. The number of phenolic OH excluding ortho intramolecular Hbond substituents is 1. The fourth-order valence-electron chi connectivity index (χ4n) is 4.26. The standard InChI is InChI=1S/C28H24N2O6/c1-4-36-23-14-18(7-11-21(23)31)25-24(26(32)19-8-12-22(35-3)16(2)13-19)27(33)28(34)30(25)20-9-5-17(15-29)6-10-20/h5-14,25,31-32H,4H2,1-3H3/b26-24-. The second-order valence-electron chi connectivity index (χ2n) is 8.17. The summed E-state index contributed by atoms with van der Waals surface area (Å²) in [6.07, 6.45) is 0. The molecule has 0 spiro atoms. The Morgan fingerprint density at radius 2 is 1.78 bits per heavy atom. The monoisotopic (exact) mass is 484 g/mol. The van der Waals surface area contributed by atoms with Crippen LogP contribution >= 0.6 is 0 Å². The Bertz CT molecular complexity index is 1420. The quantitative estimate of drug-likeness (QED) is 0.298. The number of carbonyl (C=O) groups excluding carboxylic acids is 2. The molecule has 1 aliphatic rings. The molecule has 4 rings (SSSR count). The van der Waals surface area contributed by atoms with Gasteiger partial charge in [-0.05, 0) is 79.6 Å². The molecule has 0 radical (unpaired) electrons. The number of aliphatic hydroxyl groups is 1. The maximum Gasteiger partial charge on any atom is 0.300 e. The first kappa shape index (κ1) is 24.4. The Hall–Kier alpha value is -4.77. The molecular formula is C28H24N2O6. The van der Waals surface area contributed by atoms with Gasteiger partial charge in [0.2, 0.25) is 0 Å². The van der Waals surface area contributed by atoms with Gasteiger partial charge < -0.3 is 19.7 Å². The minimum atomic E-state index is -1.01. The zero-order chi connectivity index (χ0) is 26.0. The molecule has 36 heavy (non-hydrogen) atoms. The first-order valence-electron chi connectivity index (χ1n) is 11.2. The van der Waals surface area contributed by atoms with E-state index in [1.165, 1.54) is 18.1 Å². The second-order valence-corrected chi connectivity index (χ2v) is 8.17. The van der Waals surface area contributed by atoms with Crippen LogP contribution in [-0.4, -0.2) is 35.6 Å². The molecule has 3 aromatic carbocycles. The van der Waals surface area contributed by atoms with Gasteiger partial charge in [-0.3, -0.25) is 14.5 Å². The van der Waals surface area contributed by atoms with Crippen LogP contribution in [0.1, 0.15) is 35.2 Å². The summed E-state index contributed by atoms with van der Waals surface area (Å²) in [6.45, 7) is 3.86. The summed E-state index contributed by atoms with van der Waals surface area (Å²) >= 11 is 0. The minimum Gasteiger partial charge on any atom is -0.507 e. The van der Waals surface area contributed by atoms with E-state index in [-0.39, 0.29) is 29.4 Å². The number of ether oxygens (including phenoxy) is 2. The van der Waals surface area contributed by atoms with Gasteiger partial charge in [0.05, 0.1) is 37.0 Å². The molecule has 1 fully saturated rings. The number of ketones is 1. The molecule has 1 amide bonds. The number of nitrogens with zero attached hydrogens (tertiary/aromatic N) is 2. The van der Waals surface area contributed by atoms with E-state index >= 15 is 0 Å². The van der Waals surface area contributed by atoms with Gasteiger partial charge in [0.25, 0.3) is 11.7 Å². The number of benzene rings is 3. The highest BCUT2D eigenvalue weighted by Crippen LogP contribution is 2.44. The Balaban J connectivity index is 1.95. The first-order valence-corrected chi connectivity index (χ1v) is 11.2. The Morgan fingerprint density at radius 3 is 2.39 bits per heavy atom. The Kier molecular flexibility index (Phi) is 6.66. The van der Waals surface area contributed by atoms with Gasteiger partial charge >= 0.3 is 0 Å². The number of aryl methyl sites for hydroxylation is 1. The predicted octanol–water partition coefficient (Wildman–Crippen LogP) is 4.61. The fraction of sp³-hybridized carbons (Fsp3) is 0.179. The molecule has 1 aliphatic heterocycles. The third kappa shape index (κ3) is 4.23. The van der Waals surface area contributed by atoms with Crippen molar-refractivity contribution in [2.45, 2.75) is 19.9 Å². The topological polar surface area (TPSA) is 120 Å². The molecule has 0 bridgehead atoms. The molecule has 8 nitrogen and oxygen atoms in total. The largest absolute Gasteiger partial charge is 0.507 e. The van der Waals surface area contributed by atoms with Crippen LogP contribution in [0, 0.1) is 18.3 Å². The maximum absolute atomic E-state index is 13.3. The van der Waals surface area contributed by atoms with E-state index in [0.29, 0.717) is 28.1 Å². The maximum atomic E-state index is 13.3. The van der Waals surface area contributed by atoms with Crippen molar-refractivity contribution in [1.82, 2.24) is 0 Å². The molecule has 2 N–H and O–H groups in total. The van der Waals surface area contributed by atoms with Gasteiger partial charge in [-0.25, -0.2) is 0 Å². The summed E-state index contributed by atoms with van der Waals surface area (Å²) in [5, 5.41) is 30.7. The average molecular weight is 485 g/mol. The Labute approximate surface area is 208 Å². The van der Waals surface area contributed by atoms with E-state index in [0.717, 1.165) is 5.56 Å². The van der Waals surface area contributed by atoms with E-state index in [1.807, 2.05) is 6.07 Å². The zero-order valence-corrected chi connectivity index (χ0v) is 20.0. The van der Waals surface area contributed by atoms with Crippen LogP contribution in [0.25, 0.3) is 5.76 Å².